The first-order valence-corrected chi connectivity index (χ1v) is 17.8. The fourth-order valence-corrected chi connectivity index (χ4v) is 6.99. The standard InChI is InChI=1S/C20H29FN4O4.C15H21FN4O2/c1-20(2,3)29-19(27)23-9-8-22-14-4-6-15(7-5-14)25-16-10-13(21)11-24-18(16)28-12-17(25)26;16-10-7-13-15(19-8-10)22-9-14(21)20(13)12-3-1-11(2-4-12)18-6-5-17/h10-11,14-15,22H,4-9,12H2,1-3H3,(H,23,27);7-8,11-12,18H,1-6,9,17H2. The number of alkyl carbamates (subject to hydrolysis) is 1. The van der Waals surface area contributed by atoms with Crippen LogP contribution in [0.3, 0.4) is 0 Å². The highest BCUT2D eigenvalue weighted by molar-refractivity contribution is 5.98. The number of amides is 3. The number of anilines is 2. The first-order valence-electron chi connectivity index (χ1n) is 17.8. The van der Waals surface area contributed by atoms with E-state index < -0.39 is 23.3 Å². The number of rotatable bonds is 9. The Hall–Kier alpha value is -4.15. The minimum atomic E-state index is -0.510. The van der Waals surface area contributed by atoms with Crippen LogP contribution in [-0.4, -0.2) is 97.0 Å². The van der Waals surface area contributed by atoms with Crippen molar-refractivity contribution in [3.05, 3.63) is 36.2 Å². The van der Waals surface area contributed by atoms with E-state index in [1.807, 2.05) is 20.8 Å². The summed E-state index contributed by atoms with van der Waals surface area (Å²) in [7, 11) is 0. The summed E-state index contributed by atoms with van der Waals surface area (Å²) >= 11 is 0. The van der Waals surface area contributed by atoms with Crippen LogP contribution in [0.4, 0.5) is 25.0 Å². The van der Waals surface area contributed by atoms with E-state index in [-0.39, 0.29) is 37.1 Å². The maximum atomic E-state index is 13.6. The summed E-state index contributed by atoms with van der Waals surface area (Å²) in [6.07, 6.45) is 8.89. The first kappa shape index (κ1) is 38.1. The summed E-state index contributed by atoms with van der Waals surface area (Å²) in [5, 5.41) is 9.57. The number of nitrogens with zero attached hydrogens (tertiary/aromatic N) is 4. The molecule has 0 saturated heterocycles. The van der Waals surface area contributed by atoms with Crippen molar-refractivity contribution in [1.29, 1.82) is 0 Å². The maximum absolute atomic E-state index is 13.6. The highest BCUT2D eigenvalue weighted by atomic mass is 19.1. The predicted molar refractivity (Wildman–Crippen MR) is 186 cm³/mol. The SMILES string of the molecule is CC(C)(C)OC(=O)NCCNC1CCC(N2C(=O)COc3ncc(F)cc32)CC1.NCCNC1CCC(N2C(=O)COc3ncc(F)cc32)CC1. The zero-order valence-corrected chi connectivity index (χ0v) is 29.6. The quantitative estimate of drug-likeness (QED) is 0.281. The molecule has 0 aromatic carbocycles. The van der Waals surface area contributed by atoms with Gasteiger partial charge in [-0.05, 0) is 72.1 Å². The van der Waals surface area contributed by atoms with Crippen molar-refractivity contribution in [2.75, 3.05) is 49.2 Å². The summed E-state index contributed by atoms with van der Waals surface area (Å²) in [5.74, 6) is -0.592. The third kappa shape index (κ3) is 10.5. The van der Waals surface area contributed by atoms with Crippen molar-refractivity contribution < 1.29 is 37.4 Å². The lowest BCUT2D eigenvalue weighted by atomic mass is 9.89. The van der Waals surface area contributed by atoms with Gasteiger partial charge < -0.3 is 45.7 Å². The second kappa shape index (κ2) is 17.4. The lowest BCUT2D eigenvalue weighted by Gasteiger charge is -2.39. The van der Waals surface area contributed by atoms with Gasteiger partial charge in [-0.3, -0.25) is 9.59 Å². The summed E-state index contributed by atoms with van der Waals surface area (Å²) in [4.78, 5) is 47.5. The van der Waals surface area contributed by atoms with Gasteiger partial charge in [0, 0.05) is 62.5 Å². The maximum Gasteiger partial charge on any atom is 0.407 e. The van der Waals surface area contributed by atoms with Crippen molar-refractivity contribution in [3.63, 3.8) is 0 Å². The molecule has 14 nitrogen and oxygen atoms in total. The smallest absolute Gasteiger partial charge is 0.407 e. The first-order chi connectivity index (χ1) is 24.4. The number of hydrogen-bond acceptors (Lipinski definition) is 11. The van der Waals surface area contributed by atoms with E-state index in [2.05, 4.69) is 25.9 Å². The Balaban J connectivity index is 0.000000205. The van der Waals surface area contributed by atoms with E-state index in [0.29, 0.717) is 54.9 Å². The molecule has 5 N–H and O–H groups in total. The number of pyridine rings is 2. The Morgan fingerprint density at radius 2 is 1.25 bits per heavy atom. The van der Waals surface area contributed by atoms with E-state index in [9.17, 15) is 23.2 Å². The van der Waals surface area contributed by atoms with Crippen LogP contribution in [0.1, 0.15) is 72.1 Å². The van der Waals surface area contributed by atoms with Gasteiger partial charge in [0.25, 0.3) is 11.8 Å². The van der Waals surface area contributed by atoms with Crippen molar-refractivity contribution in [2.24, 2.45) is 5.73 Å². The van der Waals surface area contributed by atoms with E-state index in [1.54, 1.807) is 9.80 Å². The van der Waals surface area contributed by atoms with Gasteiger partial charge in [0.2, 0.25) is 11.8 Å². The molecule has 2 aliphatic heterocycles. The average Bonchev–Trinajstić information content (AvgIpc) is 3.09. The molecule has 0 spiro atoms. The zero-order valence-electron chi connectivity index (χ0n) is 29.6. The van der Waals surface area contributed by atoms with Crippen molar-refractivity contribution in [3.8, 4) is 11.8 Å². The molecule has 2 aromatic heterocycles. The number of nitrogens with two attached hydrogens (primary N) is 1. The van der Waals surface area contributed by atoms with Crippen LogP contribution in [0.5, 0.6) is 11.8 Å². The van der Waals surface area contributed by atoms with Crippen LogP contribution < -0.4 is 41.0 Å². The number of ether oxygens (including phenoxy) is 3. The molecule has 2 aliphatic carbocycles. The second-order valence-electron chi connectivity index (χ2n) is 14.2. The summed E-state index contributed by atoms with van der Waals surface area (Å²) in [5.41, 5.74) is 5.86. The van der Waals surface area contributed by atoms with Crippen molar-refractivity contribution >= 4 is 29.3 Å². The molecule has 0 unspecified atom stereocenters. The third-order valence-corrected chi connectivity index (χ3v) is 9.25. The topological polar surface area (TPSA) is 173 Å². The van der Waals surface area contributed by atoms with Gasteiger partial charge >= 0.3 is 6.09 Å². The Kier molecular flexibility index (Phi) is 13.0. The molecule has 2 saturated carbocycles. The van der Waals surface area contributed by atoms with E-state index in [1.165, 1.54) is 12.1 Å². The van der Waals surface area contributed by atoms with Gasteiger partial charge in [-0.1, -0.05) is 0 Å². The van der Waals surface area contributed by atoms with Crippen LogP contribution in [0.2, 0.25) is 0 Å². The Morgan fingerprint density at radius 3 is 1.69 bits per heavy atom. The molecular formula is C35H50F2N8O6. The van der Waals surface area contributed by atoms with Gasteiger partial charge in [0.1, 0.15) is 28.6 Å². The van der Waals surface area contributed by atoms with E-state index in [4.69, 9.17) is 19.9 Å². The molecule has 280 valence electrons. The Labute approximate surface area is 297 Å². The van der Waals surface area contributed by atoms with Crippen LogP contribution in [0.25, 0.3) is 0 Å². The molecule has 16 heteroatoms. The Morgan fingerprint density at radius 1 is 0.804 bits per heavy atom. The molecule has 4 heterocycles. The molecule has 0 atom stereocenters. The molecule has 2 aromatic rings. The number of aromatic nitrogens is 2. The van der Waals surface area contributed by atoms with Gasteiger partial charge in [-0.2, -0.15) is 0 Å². The fraction of sp³-hybridized carbons (Fsp3) is 0.629. The van der Waals surface area contributed by atoms with Crippen molar-refractivity contribution in [1.82, 2.24) is 25.9 Å². The average molecular weight is 717 g/mol. The van der Waals surface area contributed by atoms with E-state index >= 15 is 0 Å². The van der Waals surface area contributed by atoms with Crippen LogP contribution in [0.15, 0.2) is 24.5 Å². The zero-order chi connectivity index (χ0) is 36.5. The molecule has 3 amide bonds. The minimum Gasteiger partial charge on any atom is -0.466 e. The summed E-state index contributed by atoms with van der Waals surface area (Å²) < 4.78 is 42.9. The van der Waals surface area contributed by atoms with Gasteiger partial charge in [0.15, 0.2) is 13.2 Å². The van der Waals surface area contributed by atoms with Crippen LogP contribution in [-0.2, 0) is 14.3 Å². The summed E-state index contributed by atoms with van der Waals surface area (Å²) in [6.45, 7) is 7.93. The summed E-state index contributed by atoms with van der Waals surface area (Å²) in [6, 6.07) is 3.49. The normalized spacial score (nSPS) is 23.2. The lowest BCUT2D eigenvalue weighted by molar-refractivity contribution is -0.122. The number of fused-ring (bicyclic) bond motifs is 2. The molecule has 6 rings (SSSR count). The monoisotopic (exact) mass is 716 g/mol. The van der Waals surface area contributed by atoms with Crippen molar-refractivity contribution in [2.45, 2.75) is 102 Å². The largest absolute Gasteiger partial charge is 0.466 e. The number of carbonyl (C=O) groups excluding carboxylic acids is 3. The molecule has 51 heavy (non-hydrogen) atoms. The Bertz CT molecular complexity index is 1510. The third-order valence-electron chi connectivity index (χ3n) is 9.25. The molecular weight excluding hydrogens is 666 g/mol. The molecule has 2 fully saturated rings. The van der Waals surface area contributed by atoms with Crippen LogP contribution in [0, 0.1) is 11.6 Å². The lowest BCUT2D eigenvalue weighted by Crippen LogP contribution is -2.49. The molecule has 0 radical (unpaired) electrons. The number of carbonyl (C=O) groups is 3. The fourth-order valence-electron chi connectivity index (χ4n) is 6.99. The number of halogens is 2. The number of nitrogens with one attached hydrogen (secondary N) is 3. The van der Waals surface area contributed by atoms with E-state index in [0.717, 1.165) is 70.3 Å². The highest BCUT2D eigenvalue weighted by Gasteiger charge is 2.36. The molecule has 0 bridgehead atoms. The minimum absolute atomic E-state index is 0.00619. The molecule has 4 aliphatic rings. The van der Waals surface area contributed by atoms with Crippen LogP contribution >= 0.6 is 0 Å². The second-order valence-corrected chi connectivity index (χ2v) is 14.2. The van der Waals surface area contributed by atoms with Gasteiger partial charge in [0.05, 0.1) is 12.4 Å². The predicted octanol–water partition coefficient (Wildman–Crippen LogP) is 3.18. The van der Waals surface area contributed by atoms with Gasteiger partial charge in [-0.15, -0.1) is 0 Å². The van der Waals surface area contributed by atoms with Gasteiger partial charge in [-0.25, -0.2) is 23.5 Å². The number of hydrogen-bond donors (Lipinski definition) is 4. The highest BCUT2D eigenvalue weighted by Crippen LogP contribution is 2.37.